The highest BCUT2D eigenvalue weighted by Gasteiger charge is 2.28. The molecule has 2 N–H and O–H groups in total. The van der Waals surface area contributed by atoms with Crippen molar-refractivity contribution in [1.82, 2.24) is 5.32 Å². The van der Waals surface area contributed by atoms with Gasteiger partial charge in [-0.3, -0.25) is 0 Å². The molecule has 5 nitrogen and oxygen atoms in total. The lowest BCUT2D eigenvalue weighted by atomic mass is 9.98. The highest BCUT2D eigenvalue weighted by molar-refractivity contribution is 5.88. The van der Waals surface area contributed by atoms with E-state index in [0.717, 1.165) is 17.2 Å². The van der Waals surface area contributed by atoms with Gasteiger partial charge in [0.25, 0.3) is 0 Å². The molecular weight excluding hydrogens is 409 g/mol. The third-order valence-electron chi connectivity index (χ3n) is 5.40. The summed E-state index contributed by atoms with van der Waals surface area (Å²) in [5.41, 5.74) is 4.99. The van der Waals surface area contributed by atoms with Gasteiger partial charge in [0.2, 0.25) is 0 Å². The highest BCUT2D eigenvalue weighted by atomic mass is 19.1. The molecule has 3 aromatic rings. The van der Waals surface area contributed by atoms with Crippen LogP contribution < -0.4 is 5.32 Å². The van der Waals surface area contributed by atoms with E-state index in [-0.39, 0.29) is 18.1 Å². The van der Waals surface area contributed by atoms with Crippen molar-refractivity contribution in [3.8, 4) is 11.1 Å². The lowest BCUT2D eigenvalue weighted by Crippen LogP contribution is -2.26. The quantitative estimate of drug-likeness (QED) is 0.487. The van der Waals surface area contributed by atoms with Crippen LogP contribution in [0.2, 0.25) is 0 Å². The van der Waals surface area contributed by atoms with Gasteiger partial charge in [0.15, 0.2) is 0 Å². The maximum Gasteiger partial charge on any atom is 0.407 e. The van der Waals surface area contributed by atoms with Gasteiger partial charge in [0, 0.05) is 12.5 Å². The van der Waals surface area contributed by atoms with Gasteiger partial charge in [-0.25, -0.2) is 14.0 Å². The first kappa shape index (κ1) is 21.3. The van der Waals surface area contributed by atoms with E-state index < -0.39 is 17.9 Å². The van der Waals surface area contributed by atoms with Crippen LogP contribution in [0.3, 0.4) is 0 Å². The lowest BCUT2D eigenvalue weighted by molar-refractivity contribution is 0.0696. The topological polar surface area (TPSA) is 75.6 Å². The molecular formula is C26H22FNO4. The van der Waals surface area contributed by atoms with Crippen LogP contribution in [0.5, 0.6) is 0 Å². The maximum atomic E-state index is 13.5. The van der Waals surface area contributed by atoms with Gasteiger partial charge >= 0.3 is 12.1 Å². The second-order valence-electron chi connectivity index (χ2n) is 7.52. The summed E-state index contributed by atoms with van der Waals surface area (Å²) >= 11 is 0. The van der Waals surface area contributed by atoms with Gasteiger partial charge in [-0.05, 0) is 52.4 Å². The lowest BCUT2D eigenvalue weighted by Gasteiger charge is -2.14. The molecule has 162 valence electrons. The number of carbonyl (C=O) groups excluding carboxylic acids is 1. The Labute approximate surface area is 185 Å². The number of carbonyl (C=O) groups is 2. The molecule has 0 spiro atoms. The minimum atomic E-state index is -1.18. The third-order valence-corrected chi connectivity index (χ3v) is 5.40. The Kier molecular flexibility index (Phi) is 6.31. The molecule has 3 aromatic carbocycles. The van der Waals surface area contributed by atoms with E-state index in [2.05, 4.69) is 29.6 Å². The molecule has 0 aliphatic heterocycles. The van der Waals surface area contributed by atoms with Crippen LogP contribution in [0, 0.1) is 5.82 Å². The standard InChI is InChI=1S/C26H22FNO4/c27-19-14-17(13-18(15-19)25(29)30)7-5-6-12-28-26(31)32-16-24-22-10-3-1-8-20(22)21-9-2-4-11-23(21)24/h1-5,7-11,13-15,24H,6,12,16H2,(H,28,31)(H,29,30). The molecule has 32 heavy (non-hydrogen) atoms. The van der Waals surface area contributed by atoms with E-state index in [1.807, 2.05) is 24.3 Å². The summed E-state index contributed by atoms with van der Waals surface area (Å²) in [6.07, 6.45) is 3.35. The Morgan fingerprint density at radius 2 is 1.66 bits per heavy atom. The molecule has 1 aliphatic rings. The van der Waals surface area contributed by atoms with Crippen molar-refractivity contribution < 1.29 is 23.8 Å². The van der Waals surface area contributed by atoms with Gasteiger partial charge in [-0.15, -0.1) is 0 Å². The average Bonchev–Trinajstić information content (AvgIpc) is 3.11. The number of fused-ring (bicyclic) bond motifs is 3. The molecule has 6 heteroatoms. The molecule has 0 bridgehead atoms. The van der Waals surface area contributed by atoms with E-state index in [4.69, 9.17) is 9.84 Å². The number of carboxylic acids is 1. The van der Waals surface area contributed by atoms with Crippen LogP contribution in [0.1, 0.15) is 39.4 Å². The fourth-order valence-corrected chi connectivity index (χ4v) is 3.96. The van der Waals surface area contributed by atoms with E-state index in [0.29, 0.717) is 18.5 Å². The zero-order valence-corrected chi connectivity index (χ0v) is 17.3. The molecule has 0 saturated carbocycles. The summed E-state index contributed by atoms with van der Waals surface area (Å²) in [7, 11) is 0. The first-order chi connectivity index (χ1) is 15.5. The molecule has 0 atom stereocenters. The van der Waals surface area contributed by atoms with Crippen LogP contribution in [0.15, 0.2) is 72.8 Å². The summed E-state index contributed by atoms with van der Waals surface area (Å²) in [5.74, 6) is -1.79. The first-order valence-corrected chi connectivity index (χ1v) is 10.3. The number of alkyl carbamates (subject to hydrolysis) is 1. The van der Waals surface area contributed by atoms with Crippen LogP contribution in [0.25, 0.3) is 17.2 Å². The molecule has 0 fully saturated rings. The number of carboxylic acid groups (broad SMARTS) is 1. The summed E-state index contributed by atoms with van der Waals surface area (Å²) in [6.45, 7) is 0.589. The number of hydrogen-bond donors (Lipinski definition) is 2. The minimum absolute atomic E-state index is 0.00412. The number of nitrogens with one attached hydrogen (secondary N) is 1. The van der Waals surface area contributed by atoms with Crippen molar-refractivity contribution in [3.05, 3.63) is 101 Å². The first-order valence-electron chi connectivity index (χ1n) is 10.3. The number of benzene rings is 3. The zero-order chi connectivity index (χ0) is 22.5. The summed E-state index contributed by atoms with van der Waals surface area (Å²) in [5, 5.41) is 11.7. The number of rotatable bonds is 7. The van der Waals surface area contributed by atoms with Gasteiger partial charge in [0.1, 0.15) is 12.4 Å². The van der Waals surface area contributed by atoms with Gasteiger partial charge < -0.3 is 15.2 Å². The van der Waals surface area contributed by atoms with E-state index >= 15 is 0 Å². The average molecular weight is 431 g/mol. The largest absolute Gasteiger partial charge is 0.478 e. The normalized spacial score (nSPS) is 12.4. The van der Waals surface area contributed by atoms with Gasteiger partial charge in [-0.1, -0.05) is 60.7 Å². The molecule has 1 amide bonds. The molecule has 4 rings (SSSR count). The smallest absolute Gasteiger partial charge is 0.407 e. The third kappa shape index (κ3) is 4.70. The molecule has 1 aliphatic carbocycles. The van der Waals surface area contributed by atoms with E-state index in [1.54, 1.807) is 12.2 Å². The second-order valence-corrected chi connectivity index (χ2v) is 7.52. The molecule has 0 saturated heterocycles. The van der Waals surface area contributed by atoms with E-state index in [1.165, 1.54) is 23.3 Å². The van der Waals surface area contributed by atoms with Crippen LogP contribution in [0.4, 0.5) is 9.18 Å². The fraction of sp³-hybridized carbons (Fsp3) is 0.154. The predicted octanol–water partition coefficient (Wildman–Crippen LogP) is 5.47. The molecule has 0 unspecified atom stereocenters. The van der Waals surface area contributed by atoms with Crippen molar-refractivity contribution in [2.75, 3.05) is 13.2 Å². The number of hydrogen-bond acceptors (Lipinski definition) is 3. The van der Waals surface area contributed by atoms with Crippen LogP contribution in [-0.2, 0) is 4.74 Å². The number of halogens is 1. The predicted molar refractivity (Wildman–Crippen MR) is 120 cm³/mol. The monoisotopic (exact) mass is 431 g/mol. The van der Waals surface area contributed by atoms with Crippen molar-refractivity contribution in [3.63, 3.8) is 0 Å². The Morgan fingerprint density at radius 1 is 1.00 bits per heavy atom. The Hall–Kier alpha value is -3.93. The van der Waals surface area contributed by atoms with Crippen molar-refractivity contribution in [2.24, 2.45) is 0 Å². The summed E-state index contributed by atoms with van der Waals surface area (Å²) in [4.78, 5) is 23.1. The number of aromatic carboxylic acids is 1. The second kappa shape index (κ2) is 9.47. The van der Waals surface area contributed by atoms with E-state index in [9.17, 15) is 14.0 Å². The van der Waals surface area contributed by atoms with Gasteiger partial charge in [0.05, 0.1) is 5.56 Å². The maximum absolute atomic E-state index is 13.5. The van der Waals surface area contributed by atoms with Crippen molar-refractivity contribution in [1.29, 1.82) is 0 Å². The number of amides is 1. The Bertz CT molecular complexity index is 1140. The molecule has 0 heterocycles. The summed E-state index contributed by atoms with van der Waals surface area (Å²) < 4.78 is 19.0. The number of ether oxygens (including phenoxy) is 1. The van der Waals surface area contributed by atoms with Crippen LogP contribution >= 0.6 is 0 Å². The molecule has 0 radical (unpaired) electrons. The SMILES string of the molecule is O=C(NCCC=Cc1cc(F)cc(C(=O)O)c1)OCC1c2ccccc2-c2ccccc21. The zero-order valence-electron chi connectivity index (χ0n) is 17.3. The van der Waals surface area contributed by atoms with Crippen LogP contribution in [-0.4, -0.2) is 30.3 Å². The Morgan fingerprint density at radius 3 is 2.31 bits per heavy atom. The fourth-order valence-electron chi connectivity index (χ4n) is 3.96. The van der Waals surface area contributed by atoms with Crippen molar-refractivity contribution in [2.45, 2.75) is 12.3 Å². The Balaban J connectivity index is 1.28. The highest BCUT2D eigenvalue weighted by Crippen LogP contribution is 2.44. The summed E-state index contributed by atoms with van der Waals surface area (Å²) in [6, 6.07) is 19.9. The van der Waals surface area contributed by atoms with Gasteiger partial charge in [-0.2, -0.15) is 0 Å². The minimum Gasteiger partial charge on any atom is -0.478 e. The molecule has 0 aromatic heterocycles. The van der Waals surface area contributed by atoms with Crippen molar-refractivity contribution >= 4 is 18.1 Å².